The zero-order valence-electron chi connectivity index (χ0n) is 12.9. The number of piperidine rings is 1. The summed E-state index contributed by atoms with van der Waals surface area (Å²) >= 11 is 0. The maximum atomic E-state index is 12.2. The van der Waals surface area contributed by atoms with Gasteiger partial charge in [0.2, 0.25) is 5.16 Å². The first kappa shape index (κ1) is 16.5. The normalized spacial score (nSPS) is 22.3. The fourth-order valence-electron chi connectivity index (χ4n) is 2.86. The third kappa shape index (κ3) is 4.52. The van der Waals surface area contributed by atoms with E-state index in [1.165, 1.54) is 31.7 Å². The Labute approximate surface area is 127 Å². The second kappa shape index (κ2) is 7.38. The van der Waals surface area contributed by atoms with Crippen LogP contribution in [-0.2, 0) is 10.0 Å². The Morgan fingerprint density at radius 2 is 2.38 bits per heavy atom. The number of imidazole rings is 1. The van der Waals surface area contributed by atoms with Crippen LogP contribution in [0.15, 0.2) is 17.6 Å². The number of hydrogen-bond acceptors (Lipinski definition) is 4. The van der Waals surface area contributed by atoms with Gasteiger partial charge in [-0.25, -0.2) is 18.1 Å². The van der Waals surface area contributed by atoms with Gasteiger partial charge >= 0.3 is 0 Å². The van der Waals surface area contributed by atoms with Gasteiger partial charge in [0, 0.05) is 31.0 Å². The van der Waals surface area contributed by atoms with Crippen LogP contribution in [0.4, 0.5) is 0 Å². The van der Waals surface area contributed by atoms with Crippen LogP contribution in [0.2, 0.25) is 0 Å². The lowest BCUT2D eigenvalue weighted by atomic mass is 10.0. The largest absolute Gasteiger partial charge is 0.334 e. The SMILES string of the molecule is CCCCC(C)N1CCCC(NS(=O)(=O)c2ncc[nH]2)C1. The van der Waals surface area contributed by atoms with Gasteiger partial charge in [0.15, 0.2) is 0 Å². The first-order valence-corrected chi connectivity index (χ1v) is 9.27. The molecule has 1 saturated heterocycles. The molecule has 1 aromatic heterocycles. The fraction of sp³-hybridized carbons (Fsp3) is 0.786. The number of nitrogens with zero attached hydrogens (tertiary/aromatic N) is 2. The van der Waals surface area contributed by atoms with Gasteiger partial charge in [-0.15, -0.1) is 0 Å². The zero-order valence-corrected chi connectivity index (χ0v) is 13.7. The first-order chi connectivity index (χ1) is 10.0. The van der Waals surface area contributed by atoms with Crippen LogP contribution in [0.25, 0.3) is 0 Å². The Kier molecular flexibility index (Phi) is 5.78. The van der Waals surface area contributed by atoms with Crippen LogP contribution in [0.1, 0.15) is 46.0 Å². The van der Waals surface area contributed by atoms with Crippen molar-refractivity contribution in [1.82, 2.24) is 19.6 Å². The maximum absolute atomic E-state index is 12.2. The van der Waals surface area contributed by atoms with E-state index in [1.54, 1.807) is 0 Å². The number of nitrogens with one attached hydrogen (secondary N) is 2. The van der Waals surface area contributed by atoms with E-state index < -0.39 is 10.0 Å². The number of aromatic nitrogens is 2. The highest BCUT2D eigenvalue weighted by molar-refractivity contribution is 7.89. The monoisotopic (exact) mass is 314 g/mol. The average Bonchev–Trinajstić information content (AvgIpc) is 2.99. The maximum Gasteiger partial charge on any atom is 0.274 e. The number of likely N-dealkylation sites (tertiary alicyclic amines) is 1. The summed E-state index contributed by atoms with van der Waals surface area (Å²) in [5, 5.41) is -0.00125. The highest BCUT2D eigenvalue weighted by Gasteiger charge is 2.28. The van der Waals surface area contributed by atoms with E-state index in [2.05, 4.69) is 33.4 Å². The Hall–Kier alpha value is -0.920. The summed E-state index contributed by atoms with van der Waals surface area (Å²) in [5.74, 6) is 0. The topological polar surface area (TPSA) is 78.1 Å². The van der Waals surface area contributed by atoms with E-state index in [0.717, 1.165) is 25.9 Å². The number of rotatable bonds is 7. The van der Waals surface area contributed by atoms with Gasteiger partial charge in [-0.3, -0.25) is 4.90 Å². The molecule has 0 aromatic carbocycles. The summed E-state index contributed by atoms with van der Waals surface area (Å²) in [6, 6.07) is 0.485. The second-order valence-electron chi connectivity index (χ2n) is 5.84. The molecule has 6 nitrogen and oxygen atoms in total. The summed E-state index contributed by atoms with van der Waals surface area (Å²) in [6.45, 7) is 6.27. The van der Waals surface area contributed by atoms with Gasteiger partial charge in [-0.2, -0.15) is 0 Å². The smallest absolute Gasteiger partial charge is 0.274 e. The molecule has 21 heavy (non-hydrogen) atoms. The molecule has 7 heteroatoms. The highest BCUT2D eigenvalue weighted by Crippen LogP contribution is 2.17. The summed E-state index contributed by atoms with van der Waals surface area (Å²) < 4.78 is 27.1. The molecule has 2 rings (SSSR count). The van der Waals surface area contributed by atoms with Crippen molar-refractivity contribution in [2.75, 3.05) is 13.1 Å². The average molecular weight is 314 g/mol. The van der Waals surface area contributed by atoms with Gasteiger partial charge in [0.05, 0.1) is 0 Å². The molecule has 1 aliphatic heterocycles. The molecule has 2 N–H and O–H groups in total. The van der Waals surface area contributed by atoms with E-state index in [1.807, 2.05) is 0 Å². The predicted octanol–water partition coefficient (Wildman–Crippen LogP) is 1.73. The van der Waals surface area contributed by atoms with Crippen molar-refractivity contribution in [2.24, 2.45) is 0 Å². The Morgan fingerprint density at radius 1 is 1.57 bits per heavy atom. The minimum absolute atomic E-state index is 0.00125. The quantitative estimate of drug-likeness (QED) is 0.803. The van der Waals surface area contributed by atoms with Gasteiger partial charge in [0.25, 0.3) is 10.0 Å². The number of H-pyrrole nitrogens is 1. The molecule has 2 unspecified atom stereocenters. The minimum Gasteiger partial charge on any atom is -0.334 e. The van der Waals surface area contributed by atoms with Crippen molar-refractivity contribution >= 4 is 10.0 Å². The number of sulfonamides is 1. The van der Waals surface area contributed by atoms with Crippen LogP contribution in [-0.4, -0.2) is 48.5 Å². The van der Waals surface area contributed by atoms with Crippen LogP contribution < -0.4 is 4.72 Å². The minimum atomic E-state index is -3.53. The van der Waals surface area contributed by atoms with E-state index in [4.69, 9.17) is 0 Å². The predicted molar refractivity (Wildman–Crippen MR) is 82.5 cm³/mol. The Bertz CT molecular complexity index is 515. The molecule has 0 aliphatic carbocycles. The van der Waals surface area contributed by atoms with Gasteiger partial charge in [-0.1, -0.05) is 19.8 Å². The summed E-state index contributed by atoms with van der Waals surface area (Å²) in [7, 11) is -3.53. The second-order valence-corrected chi connectivity index (χ2v) is 7.47. The van der Waals surface area contributed by atoms with E-state index in [9.17, 15) is 8.42 Å². The Balaban J connectivity index is 1.92. The molecule has 1 aromatic rings. The zero-order chi connectivity index (χ0) is 15.3. The number of hydrogen-bond donors (Lipinski definition) is 2. The number of unbranched alkanes of at least 4 members (excludes halogenated alkanes) is 1. The van der Waals surface area contributed by atoms with Crippen molar-refractivity contribution in [2.45, 2.75) is 63.2 Å². The molecule has 1 fully saturated rings. The van der Waals surface area contributed by atoms with E-state index in [-0.39, 0.29) is 11.2 Å². The molecule has 0 saturated carbocycles. The standard InChI is InChI=1S/C14H26N4O2S/c1-3-4-6-12(2)18-10-5-7-13(11-18)17-21(19,20)14-15-8-9-16-14/h8-9,12-13,17H,3-7,10-11H2,1-2H3,(H,15,16). The third-order valence-corrected chi connectivity index (χ3v) is 5.48. The number of aromatic amines is 1. The molecular formula is C14H26N4O2S. The molecule has 1 aliphatic rings. The fourth-order valence-corrected chi connectivity index (χ4v) is 4.02. The van der Waals surface area contributed by atoms with Crippen molar-refractivity contribution in [1.29, 1.82) is 0 Å². The molecule has 2 heterocycles. The Morgan fingerprint density at radius 3 is 3.05 bits per heavy atom. The summed E-state index contributed by atoms with van der Waals surface area (Å²) in [5.41, 5.74) is 0. The highest BCUT2D eigenvalue weighted by atomic mass is 32.2. The van der Waals surface area contributed by atoms with Gasteiger partial charge in [-0.05, 0) is 32.7 Å². The molecule has 0 amide bonds. The van der Waals surface area contributed by atoms with Crippen LogP contribution in [0.3, 0.4) is 0 Å². The van der Waals surface area contributed by atoms with Crippen molar-refractivity contribution < 1.29 is 8.42 Å². The lowest BCUT2D eigenvalue weighted by molar-refractivity contribution is 0.145. The molecule has 0 radical (unpaired) electrons. The molecule has 0 spiro atoms. The van der Waals surface area contributed by atoms with Crippen molar-refractivity contribution in [3.63, 3.8) is 0 Å². The van der Waals surface area contributed by atoms with Crippen molar-refractivity contribution in [3.05, 3.63) is 12.4 Å². The summed E-state index contributed by atoms with van der Waals surface area (Å²) in [4.78, 5) is 8.88. The lowest BCUT2D eigenvalue weighted by Gasteiger charge is -2.36. The van der Waals surface area contributed by atoms with E-state index in [0.29, 0.717) is 6.04 Å². The van der Waals surface area contributed by atoms with Gasteiger partial charge < -0.3 is 4.98 Å². The van der Waals surface area contributed by atoms with E-state index >= 15 is 0 Å². The molecule has 0 bridgehead atoms. The first-order valence-electron chi connectivity index (χ1n) is 7.78. The third-order valence-electron chi connectivity index (χ3n) is 4.10. The lowest BCUT2D eigenvalue weighted by Crippen LogP contribution is -2.50. The van der Waals surface area contributed by atoms with Crippen molar-refractivity contribution in [3.8, 4) is 0 Å². The molecular weight excluding hydrogens is 288 g/mol. The molecule has 120 valence electrons. The molecule has 2 atom stereocenters. The van der Waals surface area contributed by atoms with Gasteiger partial charge in [0.1, 0.15) is 0 Å². The van der Waals surface area contributed by atoms with Crippen LogP contribution >= 0.6 is 0 Å². The van der Waals surface area contributed by atoms with Crippen LogP contribution in [0, 0.1) is 0 Å². The summed E-state index contributed by atoms with van der Waals surface area (Å²) in [6.07, 6.45) is 8.49. The van der Waals surface area contributed by atoms with Crippen LogP contribution in [0.5, 0.6) is 0 Å².